The predicted octanol–water partition coefficient (Wildman–Crippen LogP) is 5.09. The maximum atomic E-state index is 10.4. The second-order valence-electron chi connectivity index (χ2n) is 8.17. The summed E-state index contributed by atoms with van der Waals surface area (Å²) in [5.41, 5.74) is 5.34. The number of benzene rings is 3. The zero-order valence-corrected chi connectivity index (χ0v) is 18.9. The van der Waals surface area contributed by atoms with E-state index >= 15 is 0 Å². The Morgan fingerprint density at radius 3 is 2.33 bits per heavy atom. The number of nitrogens with zero attached hydrogens (tertiary/aromatic N) is 3. The molecule has 4 rings (SSSR count). The molecular formula is C27H29N5O. The Bertz CT molecular complexity index is 1170. The third-order valence-corrected chi connectivity index (χ3v) is 5.26. The molecule has 3 aromatic carbocycles. The largest absolute Gasteiger partial charge is 0.387 e. The van der Waals surface area contributed by atoms with Crippen LogP contribution in [-0.2, 0) is 6.54 Å². The molecule has 4 aromatic rings. The molecule has 0 bridgehead atoms. The van der Waals surface area contributed by atoms with Gasteiger partial charge in [0.2, 0.25) is 5.95 Å². The molecule has 0 fully saturated rings. The number of aliphatic hydroxyl groups is 1. The highest BCUT2D eigenvalue weighted by Gasteiger charge is 2.10. The van der Waals surface area contributed by atoms with Crippen LogP contribution in [-0.4, -0.2) is 40.6 Å². The molecule has 3 N–H and O–H groups in total. The minimum atomic E-state index is -0.616. The van der Waals surface area contributed by atoms with Gasteiger partial charge in [-0.15, -0.1) is 0 Å². The zero-order chi connectivity index (χ0) is 23.0. The Labute approximate surface area is 195 Å². The normalized spacial score (nSPS) is 11.9. The molecule has 0 saturated carbocycles. The van der Waals surface area contributed by atoms with Gasteiger partial charge in [-0.3, -0.25) is 0 Å². The third-order valence-electron chi connectivity index (χ3n) is 5.26. The molecule has 6 heteroatoms. The van der Waals surface area contributed by atoms with Crippen LogP contribution in [0.1, 0.15) is 17.2 Å². The molecule has 0 saturated heterocycles. The van der Waals surface area contributed by atoms with Gasteiger partial charge in [0.15, 0.2) is 0 Å². The van der Waals surface area contributed by atoms with Gasteiger partial charge in [-0.05, 0) is 54.5 Å². The van der Waals surface area contributed by atoms with Crippen molar-refractivity contribution in [2.45, 2.75) is 12.6 Å². The summed E-state index contributed by atoms with van der Waals surface area (Å²) >= 11 is 0. The Morgan fingerprint density at radius 2 is 1.61 bits per heavy atom. The van der Waals surface area contributed by atoms with Crippen molar-refractivity contribution in [3.05, 3.63) is 102 Å². The van der Waals surface area contributed by atoms with Gasteiger partial charge in [0.25, 0.3) is 0 Å². The summed E-state index contributed by atoms with van der Waals surface area (Å²) in [6.07, 6.45) is 1.09. The molecule has 168 valence electrons. The van der Waals surface area contributed by atoms with Crippen LogP contribution in [0, 0.1) is 0 Å². The summed E-state index contributed by atoms with van der Waals surface area (Å²) in [7, 11) is 4.11. The Balaban J connectivity index is 1.50. The summed E-state index contributed by atoms with van der Waals surface area (Å²) in [5.74, 6) is 1.15. The van der Waals surface area contributed by atoms with Crippen LogP contribution in [0.4, 0.5) is 17.5 Å². The lowest BCUT2D eigenvalue weighted by molar-refractivity contribution is 0.191. The van der Waals surface area contributed by atoms with Crippen molar-refractivity contribution in [2.75, 3.05) is 31.3 Å². The van der Waals surface area contributed by atoms with Crippen LogP contribution < -0.4 is 10.6 Å². The molecular weight excluding hydrogens is 410 g/mol. The lowest BCUT2D eigenvalue weighted by Gasteiger charge is -2.17. The molecule has 6 nitrogen and oxygen atoms in total. The number of hydrogen-bond acceptors (Lipinski definition) is 6. The fourth-order valence-corrected chi connectivity index (χ4v) is 3.63. The number of rotatable bonds is 9. The van der Waals surface area contributed by atoms with E-state index in [0.717, 1.165) is 23.4 Å². The standard InChI is InChI=1S/C27H29N5O/c1-32(2)19-23-17-22(20-9-5-3-6-10-20)13-14-24(23)30-27-28-16-15-26(31-27)29-18-25(33)21-11-7-4-8-12-21/h3-17,25,33H,18-19H2,1-2H3,(H2,28,29,30,31). The average Bonchev–Trinajstić information content (AvgIpc) is 2.84. The van der Waals surface area contributed by atoms with Crippen molar-refractivity contribution < 1.29 is 5.11 Å². The van der Waals surface area contributed by atoms with Crippen molar-refractivity contribution in [2.24, 2.45) is 0 Å². The Morgan fingerprint density at radius 1 is 0.879 bits per heavy atom. The summed E-state index contributed by atoms with van der Waals surface area (Å²) in [6.45, 7) is 1.14. The first-order valence-corrected chi connectivity index (χ1v) is 11.0. The van der Waals surface area contributed by atoms with Gasteiger partial charge in [-0.1, -0.05) is 66.7 Å². The summed E-state index contributed by atoms with van der Waals surface area (Å²) in [4.78, 5) is 11.1. The Kier molecular flexibility index (Phi) is 7.29. The maximum Gasteiger partial charge on any atom is 0.229 e. The molecule has 0 radical (unpaired) electrons. The Hall–Kier alpha value is -3.74. The van der Waals surface area contributed by atoms with Gasteiger partial charge in [0, 0.05) is 25.0 Å². The molecule has 0 amide bonds. The van der Waals surface area contributed by atoms with Crippen molar-refractivity contribution in [3.63, 3.8) is 0 Å². The molecule has 0 aliphatic rings. The van der Waals surface area contributed by atoms with E-state index in [9.17, 15) is 5.11 Å². The van der Waals surface area contributed by atoms with Gasteiger partial charge in [0.05, 0.1) is 6.10 Å². The highest BCUT2D eigenvalue weighted by molar-refractivity contribution is 5.70. The van der Waals surface area contributed by atoms with Crippen LogP contribution in [0.25, 0.3) is 11.1 Å². The van der Waals surface area contributed by atoms with Crippen molar-refractivity contribution >= 4 is 17.5 Å². The third kappa shape index (κ3) is 6.16. The molecule has 1 unspecified atom stereocenters. The number of anilines is 3. The molecule has 33 heavy (non-hydrogen) atoms. The van der Waals surface area contributed by atoms with Crippen LogP contribution in [0.5, 0.6) is 0 Å². The molecule has 1 heterocycles. The first-order chi connectivity index (χ1) is 16.1. The highest BCUT2D eigenvalue weighted by atomic mass is 16.3. The monoisotopic (exact) mass is 439 g/mol. The second kappa shape index (κ2) is 10.7. The van der Waals surface area contributed by atoms with Gasteiger partial charge < -0.3 is 20.6 Å². The minimum absolute atomic E-state index is 0.359. The van der Waals surface area contributed by atoms with Gasteiger partial charge in [-0.25, -0.2) is 4.98 Å². The van der Waals surface area contributed by atoms with Crippen LogP contribution in [0.3, 0.4) is 0 Å². The number of aromatic nitrogens is 2. The van der Waals surface area contributed by atoms with E-state index in [1.807, 2.05) is 48.5 Å². The van der Waals surface area contributed by atoms with E-state index in [1.165, 1.54) is 11.1 Å². The van der Waals surface area contributed by atoms with Crippen LogP contribution in [0.15, 0.2) is 91.1 Å². The SMILES string of the molecule is CN(C)Cc1cc(-c2ccccc2)ccc1Nc1nccc(NCC(O)c2ccccc2)n1. The van der Waals surface area contributed by atoms with E-state index in [0.29, 0.717) is 18.3 Å². The fourth-order valence-electron chi connectivity index (χ4n) is 3.63. The number of hydrogen-bond donors (Lipinski definition) is 3. The van der Waals surface area contributed by atoms with E-state index in [2.05, 4.69) is 69.9 Å². The minimum Gasteiger partial charge on any atom is -0.387 e. The van der Waals surface area contributed by atoms with Gasteiger partial charge >= 0.3 is 0 Å². The summed E-state index contributed by atoms with van der Waals surface area (Å²) in [5, 5.41) is 17.0. The van der Waals surface area contributed by atoms with Gasteiger partial charge in [0.1, 0.15) is 5.82 Å². The van der Waals surface area contributed by atoms with Crippen molar-refractivity contribution in [1.29, 1.82) is 0 Å². The first-order valence-electron chi connectivity index (χ1n) is 11.0. The lowest BCUT2D eigenvalue weighted by Crippen LogP contribution is -2.14. The summed E-state index contributed by atoms with van der Waals surface area (Å²) < 4.78 is 0. The van der Waals surface area contributed by atoms with E-state index in [4.69, 9.17) is 0 Å². The topological polar surface area (TPSA) is 73.3 Å². The molecule has 0 aliphatic heterocycles. The highest BCUT2D eigenvalue weighted by Crippen LogP contribution is 2.27. The van der Waals surface area contributed by atoms with E-state index in [1.54, 1.807) is 12.3 Å². The van der Waals surface area contributed by atoms with Gasteiger partial charge in [-0.2, -0.15) is 4.98 Å². The quantitative estimate of drug-likeness (QED) is 0.337. The number of nitrogens with one attached hydrogen (secondary N) is 2. The first kappa shape index (κ1) is 22.5. The lowest BCUT2D eigenvalue weighted by atomic mass is 10.0. The van der Waals surface area contributed by atoms with E-state index in [-0.39, 0.29) is 0 Å². The molecule has 1 atom stereocenters. The van der Waals surface area contributed by atoms with Crippen LogP contribution >= 0.6 is 0 Å². The smallest absolute Gasteiger partial charge is 0.229 e. The fraction of sp³-hybridized carbons (Fsp3) is 0.185. The molecule has 0 spiro atoms. The van der Waals surface area contributed by atoms with Crippen molar-refractivity contribution in [1.82, 2.24) is 14.9 Å². The maximum absolute atomic E-state index is 10.4. The second-order valence-corrected chi connectivity index (χ2v) is 8.17. The summed E-state index contributed by atoms with van der Waals surface area (Å²) in [6, 6.07) is 28.1. The van der Waals surface area contributed by atoms with Crippen molar-refractivity contribution in [3.8, 4) is 11.1 Å². The average molecular weight is 440 g/mol. The predicted molar refractivity (Wildman–Crippen MR) is 134 cm³/mol. The van der Waals surface area contributed by atoms with E-state index < -0.39 is 6.10 Å². The van der Waals surface area contributed by atoms with Crippen LogP contribution in [0.2, 0.25) is 0 Å². The molecule has 0 aliphatic carbocycles. The number of aliphatic hydroxyl groups excluding tert-OH is 1. The molecule has 1 aromatic heterocycles. The zero-order valence-electron chi connectivity index (χ0n) is 18.9.